The molecule has 1 amide bonds. The Kier molecular flexibility index (Phi) is 6.28. The van der Waals surface area contributed by atoms with Crippen LogP contribution in [0.5, 0.6) is 0 Å². The highest BCUT2D eigenvalue weighted by atomic mass is 16.5. The van der Waals surface area contributed by atoms with Crippen LogP contribution in [0.4, 0.5) is 11.5 Å². The molecule has 0 bridgehead atoms. The van der Waals surface area contributed by atoms with Gasteiger partial charge in [-0.2, -0.15) is 0 Å². The monoisotopic (exact) mass is 356 g/mol. The lowest BCUT2D eigenvalue weighted by Gasteiger charge is -2.31. The summed E-state index contributed by atoms with van der Waals surface area (Å²) in [5.74, 6) is 0.970. The molecule has 0 aliphatic heterocycles. The van der Waals surface area contributed by atoms with E-state index in [9.17, 15) is 4.79 Å². The van der Waals surface area contributed by atoms with Crippen molar-refractivity contribution in [3.05, 3.63) is 41.7 Å². The van der Waals surface area contributed by atoms with Crippen molar-refractivity contribution >= 4 is 17.4 Å². The Morgan fingerprint density at radius 2 is 2.04 bits per heavy atom. The third-order valence-electron chi connectivity index (χ3n) is 4.97. The van der Waals surface area contributed by atoms with Crippen molar-refractivity contribution in [3.8, 4) is 0 Å². The van der Waals surface area contributed by atoms with Crippen molar-refractivity contribution in [1.29, 1.82) is 0 Å². The van der Waals surface area contributed by atoms with E-state index < -0.39 is 0 Å². The number of para-hydroxylation sites is 1. The molecule has 1 fully saturated rings. The van der Waals surface area contributed by atoms with Crippen molar-refractivity contribution in [2.45, 2.75) is 51.6 Å². The van der Waals surface area contributed by atoms with E-state index in [0.29, 0.717) is 17.6 Å². The van der Waals surface area contributed by atoms with E-state index in [1.54, 1.807) is 13.0 Å². The molecule has 1 aromatic carbocycles. The molecule has 26 heavy (non-hydrogen) atoms. The zero-order chi connectivity index (χ0) is 18.4. The van der Waals surface area contributed by atoms with Crippen molar-refractivity contribution in [3.63, 3.8) is 0 Å². The van der Waals surface area contributed by atoms with Gasteiger partial charge >= 0.3 is 0 Å². The van der Waals surface area contributed by atoms with Crippen molar-refractivity contribution in [1.82, 2.24) is 10.1 Å². The second-order valence-electron chi connectivity index (χ2n) is 7.09. The Morgan fingerprint density at radius 3 is 2.77 bits per heavy atom. The molecule has 6 heteroatoms. The van der Waals surface area contributed by atoms with Crippen molar-refractivity contribution in [2.24, 2.45) is 0 Å². The van der Waals surface area contributed by atoms with E-state index in [0.717, 1.165) is 12.2 Å². The van der Waals surface area contributed by atoms with Crippen LogP contribution in [0, 0.1) is 6.92 Å². The number of hydrogen-bond donors (Lipinski definition) is 2. The fourth-order valence-corrected chi connectivity index (χ4v) is 3.54. The minimum absolute atomic E-state index is 0.145. The summed E-state index contributed by atoms with van der Waals surface area (Å²) in [6.45, 7) is 2.87. The quantitative estimate of drug-likeness (QED) is 0.790. The predicted molar refractivity (Wildman–Crippen MR) is 103 cm³/mol. The lowest BCUT2D eigenvalue weighted by atomic mass is 9.94. The van der Waals surface area contributed by atoms with Crippen LogP contribution in [0.1, 0.15) is 43.4 Å². The van der Waals surface area contributed by atoms with Gasteiger partial charge in [-0.05, 0) is 38.4 Å². The van der Waals surface area contributed by atoms with E-state index in [-0.39, 0.29) is 12.5 Å². The summed E-state index contributed by atoms with van der Waals surface area (Å²) in [5.41, 5.74) is 2.22. The first kappa shape index (κ1) is 18.5. The number of carbonyl (C=O) groups excluding carboxylic acids is 1. The van der Waals surface area contributed by atoms with Crippen LogP contribution in [-0.4, -0.2) is 35.6 Å². The van der Waals surface area contributed by atoms with Gasteiger partial charge in [0.25, 0.3) is 0 Å². The summed E-state index contributed by atoms with van der Waals surface area (Å²) in [7, 11) is 2.20. The minimum Gasteiger partial charge on any atom is -0.376 e. The van der Waals surface area contributed by atoms with Gasteiger partial charge < -0.3 is 15.2 Å². The third kappa shape index (κ3) is 5.08. The molecule has 0 unspecified atom stereocenters. The van der Waals surface area contributed by atoms with E-state index in [1.807, 2.05) is 18.2 Å². The predicted octanol–water partition coefficient (Wildman–Crippen LogP) is 3.80. The number of nitrogens with one attached hydrogen (secondary N) is 2. The molecular weight excluding hydrogens is 328 g/mol. The highest BCUT2D eigenvalue weighted by Crippen LogP contribution is 2.24. The topological polar surface area (TPSA) is 70.4 Å². The molecule has 1 saturated carbocycles. The van der Waals surface area contributed by atoms with Crippen LogP contribution in [0.2, 0.25) is 0 Å². The van der Waals surface area contributed by atoms with E-state index in [1.165, 1.54) is 37.7 Å². The Labute approximate surface area is 154 Å². The zero-order valence-corrected chi connectivity index (χ0v) is 15.6. The molecule has 1 aromatic heterocycles. The van der Waals surface area contributed by atoms with Gasteiger partial charge in [0.05, 0.1) is 6.54 Å². The average molecular weight is 356 g/mol. The van der Waals surface area contributed by atoms with Crippen molar-refractivity contribution in [2.75, 3.05) is 24.2 Å². The minimum atomic E-state index is -0.145. The molecule has 0 radical (unpaired) electrons. The smallest absolute Gasteiger partial charge is 0.244 e. The van der Waals surface area contributed by atoms with Crippen LogP contribution in [-0.2, 0) is 11.3 Å². The van der Waals surface area contributed by atoms with Gasteiger partial charge in [-0.25, -0.2) is 0 Å². The lowest BCUT2D eigenvalue weighted by Crippen LogP contribution is -2.33. The van der Waals surface area contributed by atoms with Gasteiger partial charge in [0.15, 0.2) is 5.82 Å². The molecule has 0 atom stereocenters. The number of amides is 1. The van der Waals surface area contributed by atoms with Crippen LogP contribution >= 0.6 is 0 Å². The highest BCUT2D eigenvalue weighted by molar-refractivity contribution is 5.93. The number of aromatic nitrogens is 1. The number of anilines is 2. The van der Waals surface area contributed by atoms with Gasteiger partial charge in [0.1, 0.15) is 5.76 Å². The number of hydrogen-bond acceptors (Lipinski definition) is 5. The fraction of sp³-hybridized carbons (Fsp3) is 0.500. The zero-order valence-electron chi connectivity index (χ0n) is 15.6. The number of nitrogens with zero attached hydrogens (tertiary/aromatic N) is 2. The largest absolute Gasteiger partial charge is 0.376 e. The first-order chi connectivity index (χ1) is 12.6. The second-order valence-corrected chi connectivity index (χ2v) is 7.09. The summed E-state index contributed by atoms with van der Waals surface area (Å²) in [5, 5.41) is 9.76. The standard InChI is InChI=1S/C20H28N4O2/c1-15-12-19(23-26-15)22-20(25)13-21-18-11-7-6-8-16(18)14-24(2)17-9-4-3-5-10-17/h6-8,11-12,17,21H,3-5,9-10,13-14H2,1-2H3,(H,22,23,25). The van der Waals surface area contributed by atoms with Crippen molar-refractivity contribution < 1.29 is 9.32 Å². The van der Waals surface area contributed by atoms with Gasteiger partial charge in [0.2, 0.25) is 5.91 Å². The van der Waals surface area contributed by atoms with Gasteiger partial charge in [-0.3, -0.25) is 9.69 Å². The maximum absolute atomic E-state index is 12.1. The summed E-state index contributed by atoms with van der Waals surface area (Å²) >= 11 is 0. The van der Waals surface area contributed by atoms with Gasteiger partial charge in [-0.1, -0.05) is 42.6 Å². The summed E-state index contributed by atoms with van der Waals surface area (Å²) in [6, 6.07) is 10.6. The number of aryl methyl sites for hydroxylation is 1. The van der Waals surface area contributed by atoms with E-state index >= 15 is 0 Å². The van der Waals surface area contributed by atoms with Gasteiger partial charge in [-0.15, -0.1) is 0 Å². The van der Waals surface area contributed by atoms with Crippen LogP contribution in [0.15, 0.2) is 34.9 Å². The Morgan fingerprint density at radius 1 is 1.27 bits per heavy atom. The Hall–Kier alpha value is -2.34. The Bertz CT molecular complexity index is 722. The molecule has 2 N–H and O–H groups in total. The fourth-order valence-electron chi connectivity index (χ4n) is 3.54. The van der Waals surface area contributed by atoms with Crippen LogP contribution in [0.3, 0.4) is 0 Å². The maximum atomic E-state index is 12.1. The highest BCUT2D eigenvalue weighted by Gasteiger charge is 2.18. The number of rotatable bonds is 7. The molecule has 6 nitrogen and oxygen atoms in total. The molecule has 1 aliphatic carbocycles. The molecule has 2 aromatic rings. The number of carbonyl (C=O) groups is 1. The molecule has 140 valence electrons. The average Bonchev–Trinajstić information content (AvgIpc) is 3.06. The molecule has 0 saturated heterocycles. The van der Waals surface area contributed by atoms with Crippen LogP contribution in [0.25, 0.3) is 0 Å². The number of benzene rings is 1. The van der Waals surface area contributed by atoms with Gasteiger partial charge in [0, 0.05) is 24.3 Å². The normalized spacial score (nSPS) is 15.2. The molecule has 3 rings (SSSR count). The summed E-state index contributed by atoms with van der Waals surface area (Å²) in [6.07, 6.45) is 6.59. The SMILES string of the molecule is Cc1cc(NC(=O)CNc2ccccc2CN(C)C2CCCCC2)no1. The molecule has 1 aliphatic rings. The Balaban J connectivity index is 1.55. The van der Waals surface area contributed by atoms with Crippen LogP contribution < -0.4 is 10.6 Å². The third-order valence-corrected chi connectivity index (χ3v) is 4.97. The van der Waals surface area contributed by atoms with E-state index in [2.05, 4.69) is 33.8 Å². The first-order valence-electron chi connectivity index (χ1n) is 9.37. The molecular formula is C20H28N4O2. The molecule has 1 heterocycles. The molecule has 0 spiro atoms. The summed E-state index contributed by atoms with van der Waals surface area (Å²) < 4.78 is 4.96. The first-order valence-corrected chi connectivity index (χ1v) is 9.37. The summed E-state index contributed by atoms with van der Waals surface area (Å²) in [4.78, 5) is 14.6. The lowest BCUT2D eigenvalue weighted by molar-refractivity contribution is -0.114. The van der Waals surface area contributed by atoms with E-state index in [4.69, 9.17) is 4.52 Å². The maximum Gasteiger partial charge on any atom is 0.244 e. The second kappa shape index (κ2) is 8.85.